The number of nitrogens with one attached hydrogen (secondary N) is 1. The Bertz CT molecular complexity index is 990. The Hall–Kier alpha value is -2.20. The van der Waals surface area contributed by atoms with Gasteiger partial charge in [0.15, 0.2) is 5.16 Å². The molecular weight excluding hydrogens is 350 g/mol. The fourth-order valence-electron chi connectivity index (χ4n) is 2.86. The molecular formula is C14H13N5O3S2. The van der Waals surface area contributed by atoms with Crippen LogP contribution in [0.2, 0.25) is 0 Å². The van der Waals surface area contributed by atoms with E-state index in [1.54, 1.807) is 11.3 Å². The van der Waals surface area contributed by atoms with Crippen molar-refractivity contribution in [1.29, 1.82) is 0 Å². The number of hydrogen-bond acceptors (Lipinski definition) is 7. The number of thioether (sulfide) groups is 1. The molecule has 3 aromatic heterocycles. The normalized spacial score (nSPS) is 14.0. The zero-order valence-corrected chi connectivity index (χ0v) is 14.2. The van der Waals surface area contributed by atoms with Crippen molar-refractivity contribution in [3.63, 3.8) is 0 Å². The molecule has 0 fully saturated rings. The molecule has 1 aliphatic rings. The van der Waals surface area contributed by atoms with Crippen molar-refractivity contribution in [2.24, 2.45) is 0 Å². The summed E-state index contributed by atoms with van der Waals surface area (Å²) in [6.07, 6.45) is 6.81. The van der Waals surface area contributed by atoms with Gasteiger partial charge in [0, 0.05) is 4.88 Å². The SMILES string of the molecule is O=c1[nH]c(SCn2cc([N+](=O)[O-])cn2)nc2sc3c(c12)CCCC3. The highest BCUT2D eigenvalue weighted by Crippen LogP contribution is 2.34. The monoisotopic (exact) mass is 363 g/mol. The Morgan fingerprint density at radius 1 is 1.42 bits per heavy atom. The number of aryl methyl sites for hydroxylation is 2. The minimum atomic E-state index is -0.490. The topological polar surface area (TPSA) is 107 Å². The third-order valence-corrected chi connectivity index (χ3v) is 6.01. The van der Waals surface area contributed by atoms with Crippen LogP contribution in [0.4, 0.5) is 5.69 Å². The predicted octanol–water partition coefficient (Wildman–Crippen LogP) is 2.72. The summed E-state index contributed by atoms with van der Waals surface area (Å²) in [6.45, 7) is 0. The maximum Gasteiger partial charge on any atom is 0.307 e. The molecule has 0 atom stereocenters. The van der Waals surface area contributed by atoms with Gasteiger partial charge in [-0.05, 0) is 31.2 Å². The Morgan fingerprint density at radius 2 is 2.25 bits per heavy atom. The average Bonchev–Trinajstić information content (AvgIpc) is 3.17. The Kier molecular flexibility index (Phi) is 3.85. The maximum absolute atomic E-state index is 12.4. The number of H-pyrrole nitrogens is 1. The number of aromatic nitrogens is 4. The Labute approximate surface area is 144 Å². The van der Waals surface area contributed by atoms with Crippen molar-refractivity contribution < 1.29 is 4.92 Å². The lowest BCUT2D eigenvalue weighted by atomic mass is 9.97. The lowest BCUT2D eigenvalue weighted by Crippen LogP contribution is -2.11. The fraction of sp³-hybridized carbons (Fsp3) is 0.357. The first-order valence-electron chi connectivity index (χ1n) is 7.46. The van der Waals surface area contributed by atoms with Gasteiger partial charge in [0.25, 0.3) is 5.56 Å². The van der Waals surface area contributed by atoms with E-state index in [2.05, 4.69) is 15.1 Å². The van der Waals surface area contributed by atoms with E-state index in [1.165, 1.54) is 33.7 Å². The minimum absolute atomic E-state index is 0.0570. The molecule has 124 valence electrons. The number of thiophene rings is 1. The molecule has 0 saturated heterocycles. The van der Waals surface area contributed by atoms with Gasteiger partial charge in [-0.3, -0.25) is 19.6 Å². The van der Waals surface area contributed by atoms with Gasteiger partial charge in [-0.15, -0.1) is 11.3 Å². The summed E-state index contributed by atoms with van der Waals surface area (Å²) < 4.78 is 1.45. The Morgan fingerprint density at radius 3 is 3.04 bits per heavy atom. The summed E-state index contributed by atoms with van der Waals surface area (Å²) in [5, 5.41) is 15.8. The van der Waals surface area contributed by atoms with E-state index < -0.39 is 4.92 Å². The van der Waals surface area contributed by atoms with Crippen LogP contribution in [-0.4, -0.2) is 24.7 Å². The first-order chi connectivity index (χ1) is 11.6. The van der Waals surface area contributed by atoms with Crippen LogP contribution in [0.3, 0.4) is 0 Å². The molecule has 10 heteroatoms. The fourth-order valence-corrected chi connectivity index (χ4v) is 4.89. The van der Waals surface area contributed by atoms with Crippen molar-refractivity contribution in [3.8, 4) is 0 Å². The van der Waals surface area contributed by atoms with E-state index in [4.69, 9.17) is 0 Å². The predicted molar refractivity (Wildman–Crippen MR) is 91.6 cm³/mol. The second-order valence-electron chi connectivity index (χ2n) is 5.53. The molecule has 24 heavy (non-hydrogen) atoms. The highest BCUT2D eigenvalue weighted by atomic mass is 32.2. The summed E-state index contributed by atoms with van der Waals surface area (Å²) in [5.41, 5.74) is 1.00. The van der Waals surface area contributed by atoms with Crippen LogP contribution >= 0.6 is 23.1 Å². The van der Waals surface area contributed by atoms with Crippen LogP contribution in [0, 0.1) is 10.1 Å². The van der Waals surface area contributed by atoms with Crippen LogP contribution in [0.5, 0.6) is 0 Å². The third-order valence-electron chi connectivity index (χ3n) is 3.97. The highest BCUT2D eigenvalue weighted by Gasteiger charge is 2.20. The smallest absolute Gasteiger partial charge is 0.301 e. The van der Waals surface area contributed by atoms with Gasteiger partial charge >= 0.3 is 5.69 Å². The number of nitro groups is 1. The number of nitrogens with zero attached hydrogens (tertiary/aromatic N) is 4. The molecule has 8 nitrogen and oxygen atoms in total. The van der Waals surface area contributed by atoms with Gasteiger partial charge in [-0.1, -0.05) is 11.8 Å². The van der Waals surface area contributed by atoms with Gasteiger partial charge in [-0.25, -0.2) is 4.98 Å². The van der Waals surface area contributed by atoms with E-state index in [0.29, 0.717) is 11.0 Å². The van der Waals surface area contributed by atoms with Crippen LogP contribution < -0.4 is 5.56 Å². The standard InChI is InChI=1S/C14H13N5O3S2/c20-12-11-9-3-1-2-4-10(9)24-13(11)17-14(16-12)23-7-18-6-8(5-15-18)19(21)22/h5-6H,1-4,7H2,(H,16,17,20). The second kappa shape index (κ2) is 6.02. The minimum Gasteiger partial charge on any atom is -0.301 e. The van der Waals surface area contributed by atoms with Gasteiger partial charge in [0.1, 0.15) is 17.2 Å². The van der Waals surface area contributed by atoms with Crippen molar-refractivity contribution in [2.45, 2.75) is 36.7 Å². The number of fused-ring (bicyclic) bond motifs is 3. The zero-order chi connectivity index (χ0) is 16.7. The lowest BCUT2D eigenvalue weighted by Gasteiger charge is -2.09. The molecule has 1 N–H and O–H groups in total. The van der Waals surface area contributed by atoms with Crippen LogP contribution in [0.25, 0.3) is 10.2 Å². The van der Waals surface area contributed by atoms with E-state index in [1.807, 2.05) is 0 Å². The summed E-state index contributed by atoms with van der Waals surface area (Å²) in [4.78, 5) is 32.0. The molecule has 0 aromatic carbocycles. The van der Waals surface area contributed by atoms with Crippen LogP contribution in [-0.2, 0) is 18.7 Å². The maximum atomic E-state index is 12.4. The van der Waals surface area contributed by atoms with E-state index in [9.17, 15) is 14.9 Å². The number of aromatic amines is 1. The van der Waals surface area contributed by atoms with Crippen molar-refractivity contribution in [1.82, 2.24) is 19.7 Å². The first-order valence-corrected chi connectivity index (χ1v) is 9.26. The molecule has 0 aliphatic heterocycles. The van der Waals surface area contributed by atoms with Gasteiger partial charge in [0.2, 0.25) is 0 Å². The summed E-state index contributed by atoms with van der Waals surface area (Å²) >= 11 is 2.89. The van der Waals surface area contributed by atoms with Crippen molar-refractivity contribution in [3.05, 3.63) is 43.3 Å². The first kappa shape index (κ1) is 15.3. The molecule has 4 rings (SSSR count). The lowest BCUT2D eigenvalue weighted by molar-refractivity contribution is -0.385. The van der Waals surface area contributed by atoms with Gasteiger partial charge in [-0.2, -0.15) is 5.10 Å². The van der Waals surface area contributed by atoms with E-state index in [0.717, 1.165) is 41.5 Å². The van der Waals surface area contributed by atoms with E-state index in [-0.39, 0.29) is 11.2 Å². The molecule has 0 amide bonds. The molecule has 3 heterocycles. The molecule has 3 aromatic rings. The van der Waals surface area contributed by atoms with E-state index >= 15 is 0 Å². The van der Waals surface area contributed by atoms with Crippen LogP contribution in [0.15, 0.2) is 22.3 Å². The van der Waals surface area contributed by atoms with Crippen LogP contribution in [0.1, 0.15) is 23.3 Å². The quantitative estimate of drug-likeness (QED) is 0.330. The highest BCUT2D eigenvalue weighted by molar-refractivity contribution is 7.98. The number of hydrogen-bond donors (Lipinski definition) is 1. The average molecular weight is 363 g/mol. The van der Waals surface area contributed by atoms with Gasteiger partial charge in [0.05, 0.1) is 16.2 Å². The summed E-state index contributed by atoms with van der Waals surface area (Å²) in [6, 6.07) is 0. The molecule has 0 saturated carbocycles. The Balaban J connectivity index is 1.60. The third kappa shape index (κ3) is 2.71. The largest absolute Gasteiger partial charge is 0.307 e. The molecule has 0 unspecified atom stereocenters. The van der Waals surface area contributed by atoms with Gasteiger partial charge < -0.3 is 4.98 Å². The number of rotatable bonds is 4. The van der Waals surface area contributed by atoms with Crippen molar-refractivity contribution in [2.75, 3.05) is 0 Å². The molecule has 0 radical (unpaired) electrons. The van der Waals surface area contributed by atoms with Crippen molar-refractivity contribution >= 4 is 39.0 Å². The second-order valence-corrected chi connectivity index (χ2v) is 7.55. The molecule has 1 aliphatic carbocycles. The summed E-state index contributed by atoms with van der Waals surface area (Å²) in [5.74, 6) is 0.341. The summed E-state index contributed by atoms with van der Waals surface area (Å²) in [7, 11) is 0. The molecule has 0 spiro atoms. The zero-order valence-electron chi connectivity index (χ0n) is 12.5. The molecule has 0 bridgehead atoms.